The predicted octanol–water partition coefficient (Wildman–Crippen LogP) is 1.13. The summed E-state index contributed by atoms with van der Waals surface area (Å²) in [5.41, 5.74) is 5.84. The average molecular weight is 171 g/mol. The van der Waals surface area contributed by atoms with Gasteiger partial charge in [-0.15, -0.1) is 0 Å². The molecule has 0 amide bonds. The van der Waals surface area contributed by atoms with Crippen molar-refractivity contribution in [2.75, 3.05) is 13.1 Å². The maximum absolute atomic E-state index is 6.82. The van der Waals surface area contributed by atoms with Gasteiger partial charge in [0.1, 0.15) is 0 Å². The van der Waals surface area contributed by atoms with Crippen LogP contribution >= 0.6 is 0 Å². The third kappa shape index (κ3) is 6.31. The minimum atomic E-state index is -0.0787. The molecule has 0 radical (unpaired) electrons. The van der Waals surface area contributed by atoms with Gasteiger partial charge in [0.25, 0.3) is 0 Å². The lowest BCUT2D eigenvalue weighted by molar-refractivity contribution is 0.416. The van der Waals surface area contributed by atoms with E-state index in [1.807, 2.05) is 0 Å². The van der Waals surface area contributed by atoms with E-state index in [0.717, 1.165) is 32.4 Å². The van der Waals surface area contributed by atoms with Gasteiger partial charge in [0.15, 0.2) is 0 Å². The highest BCUT2D eigenvalue weighted by atomic mass is 14.9. The molecule has 0 aromatic rings. The van der Waals surface area contributed by atoms with E-state index in [4.69, 9.17) is 11.1 Å². The first kappa shape index (κ1) is 11.6. The standard InChI is InChI=1S/C9H21N3/c1-3-9(2,11)8-12-7-5-4-6-10/h6,10,12H,3-5,7-8,11H2,1-2H3. The highest BCUT2D eigenvalue weighted by Gasteiger charge is 2.13. The fourth-order valence-corrected chi connectivity index (χ4v) is 0.828. The van der Waals surface area contributed by atoms with Crippen molar-refractivity contribution in [1.82, 2.24) is 5.32 Å². The molecule has 72 valence electrons. The van der Waals surface area contributed by atoms with Gasteiger partial charge in [0, 0.05) is 12.1 Å². The molecular weight excluding hydrogens is 150 g/mol. The van der Waals surface area contributed by atoms with E-state index in [0.29, 0.717) is 0 Å². The molecule has 0 rings (SSSR count). The Labute approximate surface area is 75.2 Å². The quantitative estimate of drug-likeness (QED) is 0.397. The molecule has 0 spiro atoms. The van der Waals surface area contributed by atoms with Crippen molar-refractivity contribution in [2.45, 2.75) is 38.6 Å². The monoisotopic (exact) mass is 171 g/mol. The number of nitrogens with one attached hydrogen (secondary N) is 2. The van der Waals surface area contributed by atoms with Crippen LogP contribution < -0.4 is 11.1 Å². The average Bonchev–Trinajstić information content (AvgIpc) is 2.04. The zero-order chi connectivity index (χ0) is 9.45. The molecule has 1 unspecified atom stereocenters. The number of unbranched alkanes of at least 4 members (excludes halogenated alkanes) is 1. The van der Waals surface area contributed by atoms with Gasteiger partial charge >= 0.3 is 0 Å². The van der Waals surface area contributed by atoms with Crippen molar-refractivity contribution in [3.8, 4) is 0 Å². The largest absolute Gasteiger partial charge is 0.324 e. The van der Waals surface area contributed by atoms with Gasteiger partial charge in [0.2, 0.25) is 0 Å². The predicted molar refractivity (Wildman–Crippen MR) is 53.8 cm³/mol. The Hall–Kier alpha value is -0.410. The van der Waals surface area contributed by atoms with E-state index >= 15 is 0 Å². The normalized spacial score (nSPS) is 15.6. The highest BCUT2D eigenvalue weighted by molar-refractivity contribution is 5.52. The fraction of sp³-hybridized carbons (Fsp3) is 0.889. The molecule has 0 aromatic carbocycles. The van der Waals surface area contributed by atoms with Crippen LogP contribution in [0, 0.1) is 5.41 Å². The number of nitrogens with two attached hydrogens (primary N) is 1. The van der Waals surface area contributed by atoms with Crippen molar-refractivity contribution >= 4 is 6.21 Å². The Morgan fingerprint density at radius 3 is 2.75 bits per heavy atom. The van der Waals surface area contributed by atoms with Crippen LogP contribution in [0.1, 0.15) is 33.1 Å². The van der Waals surface area contributed by atoms with Gasteiger partial charge in [-0.2, -0.15) is 0 Å². The first-order chi connectivity index (χ1) is 5.62. The first-order valence-corrected chi connectivity index (χ1v) is 4.61. The molecule has 0 saturated heterocycles. The van der Waals surface area contributed by atoms with Gasteiger partial charge in [-0.05, 0) is 38.9 Å². The minimum Gasteiger partial charge on any atom is -0.324 e. The second-order valence-corrected chi connectivity index (χ2v) is 3.53. The molecule has 0 bridgehead atoms. The summed E-state index contributed by atoms with van der Waals surface area (Å²) in [7, 11) is 0. The Balaban J connectivity index is 3.24. The zero-order valence-corrected chi connectivity index (χ0v) is 8.19. The summed E-state index contributed by atoms with van der Waals surface area (Å²) in [5, 5.41) is 10.1. The Kier molecular flexibility index (Phi) is 5.93. The molecular formula is C9H21N3. The molecule has 4 N–H and O–H groups in total. The lowest BCUT2D eigenvalue weighted by atomic mass is 10.0. The maximum atomic E-state index is 6.82. The molecule has 12 heavy (non-hydrogen) atoms. The van der Waals surface area contributed by atoms with Crippen LogP contribution in [0.25, 0.3) is 0 Å². The van der Waals surface area contributed by atoms with Gasteiger partial charge in [-0.1, -0.05) is 6.92 Å². The molecule has 0 aromatic heterocycles. The van der Waals surface area contributed by atoms with Gasteiger partial charge in [0.05, 0.1) is 0 Å². The van der Waals surface area contributed by atoms with Crippen molar-refractivity contribution in [3.05, 3.63) is 0 Å². The second kappa shape index (κ2) is 6.14. The molecule has 0 aliphatic heterocycles. The summed E-state index contributed by atoms with van der Waals surface area (Å²) < 4.78 is 0. The number of rotatable bonds is 7. The summed E-state index contributed by atoms with van der Waals surface area (Å²) in [4.78, 5) is 0. The van der Waals surface area contributed by atoms with Crippen LogP contribution in [-0.2, 0) is 0 Å². The smallest absolute Gasteiger partial charge is 0.0249 e. The third-order valence-electron chi connectivity index (χ3n) is 2.04. The fourth-order valence-electron chi connectivity index (χ4n) is 0.828. The van der Waals surface area contributed by atoms with E-state index in [1.165, 1.54) is 6.21 Å². The number of hydrogen-bond donors (Lipinski definition) is 3. The molecule has 0 fully saturated rings. The summed E-state index contributed by atoms with van der Waals surface area (Å²) in [5.74, 6) is 0. The number of hydrogen-bond acceptors (Lipinski definition) is 3. The Morgan fingerprint density at radius 2 is 2.25 bits per heavy atom. The van der Waals surface area contributed by atoms with Gasteiger partial charge in [-0.25, -0.2) is 0 Å². The van der Waals surface area contributed by atoms with Gasteiger partial charge in [-0.3, -0.25) is 0 Å². The molecule has 0 saturated carbocycles. The highest BCUT2D eigenvalue weighted by Crippen LogP contribution is 2.01. The van der Waals surface area contributed by atoms with Gasteiger partial charge < -0.3 is 16.5 Å². The zero-order valence-electron chi connectivity index (χ0n) is 8.19. The van der Waals surface area contributed by atoms with Crippen LogP contribution in [0.2, 0.25) is 0 Å². The summed E-state index contributed by atoms with van der Waals surface area (Å²) in [6.07, 6.45) is 4.33. The minimum absolute atomic E-state index is 0.0787. The first-order valence-electron chi connectivity index (χ1n) is 4.61. The van der Waals surface area contributed by atoms with Crippen molar-refractivity contribution in [3.63, 3.8) is 0 Å². The molecule has 0 aliphatic carbocycles. The summed E-state index contributed by atoms with van der Waals surface area (Å²) >= 11 is 0. The van der Waals surface area contributed by atoms with Crippen LogP contribution in [0.3, 0.4) is 0 Å². The van der Waals surface area contributed by atoms with E-state index in [1.54, 1.807) is 0 Å². The van der Waals surface area contributed by atoms with E-state index in [2.05, 4.69) is 19.2 Å². The molecule has 3 heteroatoms. The Morgan fingerprint density at radius 1 is 1.58 bits per heavy atom. The van der Waals surface area contributed by atoms with Crippen molar-refractivity contribution in [2.24, 2.45) is 5.73 Å². The molecule has 0 heterocycles. The topological polar surface area (TPSA) is 61.9 Å². The van der Waals surface area contributed by atoms with E-state index < -0.39 is 0 Å². The van der Waals surface area contributed by atoms with Crippen molar-refractivity contribution < 1.29 is 0 Å². The molecule has 1 atom stereocenters. The Bertz CT molecular complexity index is 121. The van der Waals surface area contributed by atoms with Crippen LogP contribution in [-0.4, -0.2) is 24.8 Å². The molecule has 0 aliphatic rings. The van der Waals surface area contributed by atoms with Crippen molar-refractivity contribution in [1.29, 1.82) is 5.41 Å². The summed E-state index contributed by atoms with van der Waals surface area (Å²) in [6, 6.07) is 0. The lowest BCUT2D eigenvalue weighted by Gasteiger charge is -2.22. The van der Waals surface area contributed by atoms with Crippen LogP contribution in [0.15, 0.2) is 0 Å². The van der Waals surface area contributed by atoms with Crippen LogP contribution in [0.5, 0.6) is 0 Å². The third-order valence-corrected chi connectivity index (χ3v) is 2.04. The van der Waals surface area contributed by atoms with E-state index in [9.17, 15) is 0 Å². The van der Waals surface area contributed by atoms with E-state index in [-0.39, 0.29) is 5.54 Å². The lowest BCUT2D eigenvalue weighted by Crippen LogP contribution is -2.45. The SMILES string of the molecule is CCC(C)(N)CNCCCC=N. The summed E-state index contributed by atoms with van der Waals surface area (Å²) in [6.45, 7) is 5.97. The molecule has 3 nitrogen and oxygen atoms in total. The maximum Gasteiger partial charge on any atom is 0.0249 e. The second-order valence-electron chi connectivity index (χ2n) is 3.53. The van der Waals surface area contributed by atoms with Crippen LogP contribution in [0.4, 0.5) is 0 Å².